The Morgan fingerprint density at radius 2 is 2.22 bits per heavy atom. The van der Waals surface area contributed by atoms with Crippen LogP contribution in [0.25, 0.3) is 0 Å². The molecule has 1 aromatic carbocycles. The normalized spacial score (nSPS) is 11.9. The fourth-order valence-electron chi connectivity index (χ4n) is 1.45. The molecule has 100 valence electrons. The maximum absolute atomic E-state index is 11.6. The zero-order valence-electron chi connectivity index (χ0n) is 10.9. The van der Waals surface area contributed by atoms with Crippen molar-refractivity contribution in [3.63, 3.8) is 0 Å². The van der Waals surface area contributed by atoms with Gasteiger partial charge in [0.05, 0.1) is 19.5 Å². The summed E-state index contributed by atoms with van der Waals surface area (Å²) in [4.78, 5) is 12.7. The highest BCUT2D eigenvalue weighted by atomic mass is 32.2. The molecule has 0 saturated carbocycles. The molecular formula is C13H19NO3S. The zero-order chi connectivity index (χ0) is 13.4. The van der Waals surface area contributed by atoms with Gasteiger partial charge in [-0.2, -0.15) is 0 Å². The first-order chi connectivity index (χ1) is 8.65. The second-order valence-corrected chi connectivity index (χ2v) is 4.94. The molecule has 1 atom stereocenters. The number of ether oxygens (including phenoxy) is 2. The SMILES string of the molecule is COCC(C)NC(=O)CSc1cccc(OC)c1. The standard InChI is InChI=1S/C13H19NO3S/c1-10(8-16-2)14-13(15)9-18-12-6-4-5-11(7-12)17-3/h4-7,10H,8-9H2,1-3H3,(H,14,15). The summed E-state index contributed by atoms with van der Waals surface area (Å²) < 4.78 is 10.1. The Hall–Kier alpha value is -1.20. The van der Waals surface area contributed by atoms with Gasteiger partial charge in [-0.15, -0.1) is 11.8 Å². The van der Waals surface area contributed by atoms with Gasteiger partial charge in [-0.1, -0.05) is 6.07 Å². The van der Waals surface area contributed by atoms with E-state index in [0.717, 1.165) is 10.6 Å². The zero-order valence-corrected chi connectivity index (χ0v) is 11.8. The predicted molar refractivity (Wildman–Crippen MR) is 73.2 cm³/mol. The summed E-state index contributed by atoms with van der Waals surface area (Å²) >= 11 is 1.49. The number of carbonyl (C=O) groups excluding carboxylic acids is 1. The van der Waals surface area contributed by atoms with E-state index >= 15 is 0 Å². The van der Waals surface area contributed by atoms with Gasteiger partial charge in [0.25, 0.3) is 0 Å². The van der Waals surface area contributed by atoms with Crippen LogP contribution in [-0.4, -0.2) is 38.5 Å². The molecule has 1 unspecified atom stereocenters. The van der Waals surface area contributed by atoms with Gasteiger partial charge in [-0.25, -0.2) is 0 Å². The summed E-state index contributed by atoms with van der Waals surface area (Å²) in [6, 6.07) is 7.70. The van der Waals surface area contributed by atoms with Gasteiger partial charge in [-0.3, -0.25) is 4.79 Å². The predicted octanol–water partition coefficient (Wildman–Crippen LogP) is 1.94. The maximum Gasteiger partial charge on any atom is 0.230 e. The van der Waals surface area contributed by atoms with E-state index < -0.39 is 0 Å². The summed E-state index contributed by atoms with van der Waals surface area (Å²) in [6.07, 6.45) is 0. The molecule has 1 aromatic rings. The van der Waals surface area contributed by atoms with Gasteiger partial charge in [0.1, 0.15) is 5.75 Å². The largest absolute Gasteiger partial charge is 0.497 e. The molecule has 1 rings (SSSR count). The van der Waals surface area contributed by atoms with Crippen molar-refractivity contribution in [3.05, 3.63) is 24.3 Å². The molecule has 1 N–H and O–H groups in total. The quantitative estimate of drug-likeness (QED) is 0.769. The minimum Gasteiger partial charge on any atom is -0.497 e. The highest BCUT2D eigenvalue weighted by Gasteiger charge is 2.07. The van der Waals surface area contributed by atoms with E-state index in [4.69, 9.17) is 9.47 Å². The summed E-state index contributed by atoms with van der Waals surface area (Å²) in [6.45, 7) is 2.44. The summed E-state index contributed by atoms with van der Waals surface area (Å²) in [5.74, 6) is 1.20. The lowest BCUT2D eigenvalue weighted by Crippen LogP contribution is -2.36. The molecule has 0 radical (unpaired) electrons. The Balaban J connectivity index is 2.37. The molecule has 0 aliphatic heterocycles. The van der Waals surface area contributed by atoms with Crippen molar-refractivity contribution >= 4 is 17.7 Å². The first-order valence-electron chi connectivity index (χ1n) is 5.71. The molecule has 0 spiro atoms. The van der Waals surface area contributed by atoms with Crippen molar-refractivity contribution < 1.29 is 14.3 Å². The molecule has 0 fully saturated rings. The summed E-state index contributed by atoms with van der Waals surface area (Å²) in [5, 5.41) is 2.86. The van der Waals surface area contributed by atoms with Gasteiger partial charge in [0.2, 0.25) is 5.91 Å². The number of nitrogens with one attached hydrogen (secondary N) is 1. The lowest BCUT2D eigenvalue weighted by Gasteiger charge is -2.12. The molecule has 0 heterocycles. The Kier molecular flexibility index (Phi) is 6.60. The number of hydrogen-bond donors (Lipinski definition) is 1. The van der Waals surface area contributed by atoms with Crippen molar-refractivity contribution in [2.45, 2.75) is 17.9 Å². The Morgan fingerprint density at radius 3 is 2.89 bits per heavy atom. The molecule has 0 aliphatic rings. The first kappa shape index (κ1) is 14.9. The van der Waals surface area contributed by atoms with Crippen LogP contribution in [0.15, 0.2) is 29.2 Å². The van der Waals surface area contributed by atoms with Crippen LogP contribution in [0.2, 0.25) is 0 Å². The van der Waals surface area contributed by atoms with Crippen LogP contribution < -0.4 is 10.1 Å². The van der Waals surface area contributed by atoms with Crippen LogP contribution in [0.5, 0.6) is 5.75 Å². The number of rotatable bonds is 7. The Morgan fingerprint density at radius 1 is 1.44 bits per heavy atom. The average Bonchev–Trinajstić information content (AvgIpc) is 2.37. The molecule has 1 amide bonds. The molecule has 18 heavy (non-hydrogen) atoms. The Bertz CT molecular complexity index is 384. The molecule has 0 bridgehead atoms. The van der Waals surface area contributed by atoms with Crippen molar-refractivity contribution in [2.75, 3.05) is 26.6 Å². The summed E-state index contributed by atoms with van der Waals surface area (Å²) in [5.41, 5.74) is 0. The lowest BCUT2D eigenvalue weighted by molar-refractivity contribution is -0.119. The topological polar surface area (TPSA) is 47.6 Å². The number of methoxy groups -OCH3 is 2. The third-order valence-corrected chi connectivity index (χ3v) is 3.23. The highest BCUT2D eigenvalue weighted by molar-refractivity contribution is 8.00. The molecule has 0 aliphatic carbocycles. The van der Waals surface area contributed by atoms with Crippen LogP contribution in [0, 0.1) is 0 Å². The molecule has 5 heteroatoms. The minimum absolute atomic E-state index is 0.00682. The van der Waals surface area contributed by atoms with Gasteiger partial charge in [0, 0.05) is 18.0 Å². The van der Waals surface area contributed by atoms with E-state index in [2.05, 4.69) is 5.32 Å². The van der Waals surface area contributed by atoms with Gasteiger partial charge in [-0.05, 0) is 25.1 Å². The van der Waals surface area contributed by atoms with Gasteiger partial charge < -0.3 is 14.8 Å². The number of amides is 1. The molecule has 0 saturated heterocycles. The van der Waals surface area contributed by atoms with E-state index in [1.54, 1.807) is 14.2 Å². The number of benzene rings is 1. The first-order valence-corrected chi connectivity index (χ1v) is 6.69. The van der Waals surface area contributed by atoms with Crippen molar-refractivity contribution in [3.8, 4) is 5.75 Å². The third kappa shape index (κ3) is 5.42. The van der Waals surface area contributed by atoms with E-state index in [9.17, 15) is 4.79 Å². The Labute approximate surface area is 112 Å². The van der Waals surface area contributed by atoms with Crippen molar-refractivity contribution in [1.82, 2.24) is 5.32 Å². The minimum atomic E-state index is 0.00682. The van der Waals surface area contributed by atoms with Crippen molar-refractivity contribution in [1.29, 1.82) is 0 Å². The van der Waals surface area contributed by atoms with E-state index in [1.165, 1.54) is 11.8 Å². The van der Waals surface area contributed by atoms with Crippen LogP contribution >= 0.6 is 11.8 Å². The molecular weight excluding hydrogens is 250 g/mol. The number of carbonyl (C=O) groups is 1. The average molecular weight is 269 g/mol. The van der Waals surface area contributed by atoms with E-state index in [0.29, 0.717) is 12.4 Å². The molecule has 4 nitrogen and oxygen atoms in total. The van der Waals surface area contributed by atoms with Crippen LogP contribution in [0.4, 0.5) is 0 Å². The molecule has 0 aromatic heterocycles. The van der Waals surface area contributed by atoms with Crippen molar-refractivity contribution in [2.24, 2.45) is 0 Å². The fourth-order valence-corrected chi connectivity index (χ4v) is 2.20. The second kappa shape index (κ2) is 8.00. The monoisotopic (exact) mass is 269 g/mol. The fraction of sp³-hybridized carbons (Fsp3) is 0.462. The third-order valence-electron chi connectivity index (χ3n) is 2.24. The number of thioether (sulfide) groups is 1. The van der Waals surface area contributed by atoms with E-state index in [1.807, 2.05) is 31.2 Å². The van der Waals surface area contributed by atoms with Crippen LogP contribution in [0.3, 0.4) is 0 Å². The van der Waals surface area contributed by atoms with Gasteiger partial charge >= 0.3 is 0 Å². The lowest BCUT2D eigenvalue weighted by atomic mass is 10.3. The smallest absolute Gasteiger partial charge is 0.230 e. The second-order valence-electron chi connectivity index (χ2n) is 3.89. The highest BCUT2D eigenvalue weighted by Crippen LogP contribution is 2.22. The van der Waals surface area contributed by atoms with Gasteiger partial charge in [0.15, 0.2) is 0 Å². The van der Waals surface area contributed by atoms with Crippen LogP contribution in [-0.2, 0) is 9.53 Å². The summed E-state index contributed by atoms with van der Waals surface area (Å²) in [7, 11) is 3.25. The number of hydrogen-bond acceptors (Lipinski definition) is 4. The van der Waals surface area contributed by atoms with Crippen LogP contribution in [0.1, 0.15) is 6.92 Å². The van der Waals surface area contributed by atoms with E-state index in [-0.39, 0.29) is 11.9 Å². The maximum atomic E-state index is 11.6.